The van der Waals surface area contributed by atoms with Crippen LogP contribution in [0, 0.1) is 5.92 Å². The normalized spacial score (nSPS) is 17.2. The molecule has 1 saturated carbocycles. The van der Waals surface area contributed by atoms with E-state index in [0.717, 1.165) is 12.3 Å². The van der Waals surface area contributed by atoms with Crippen LogP contribution >= 0.6 is 15.9 Å². The van der Waals surface area contributed by atoms with E-state index in [9.17, 15) is 0 Å². The molecule has 1 aromatic rings. The van der Waals surface area contributed by atoms with Crippen LogP contribution in [-0.4, -0.2) is 6.04 Å². The highest BCUT2D eigenvalue weighted by atomic mass is 79.9. The molecule has 1 aliphatic rings. The fourth-order valence-electron chi connectivity index (χ4n) is 2.17. The number of hydrogen-bond acceptors (Lipinski definition) is 1. The molecule has 1 aromatic carbocycles. The zero-order valence-corrected chi connectivity index (χ0v) is 11.7. The smallest absolute Gasteiger partial charge is 0.0375 e. The van der Waals surface area contributed by atoms with E-state index in [2.05, 4.69) is 53.3 Å². The Morgan fingerprint density at radius 1 is 1.44 bits per heavy atom. The number of benzene rings is 1. The first-order valence-corrected chi connectivity index (χ1v) is 7.03. The number of hydrogen-bond donors (Lipinski definition) is 1. The summed E-state index contributed by atoms with van der Waals surface area (Å²) in [5.41, 5.74) is 2.70. The van der Waals surface area contributed by atoms with Gasteiger partial charge in [0.1, 0.15) is 0 Å². The van der Waals surface area contributed by atoms with Gasteiger partial charge in [-0.1, -0.05) is 35.7 Å². The van der Waals surface area contributed by atoms with Gasteiger partial charge in [0.2, 0.25) is 0 Å². The minimum Gasteiger partial charge on any atom is -0.382 e. The van der Waals surface area contributed by atoms with Crippen molar-refractivity contribution in [3.63, 3.8) is 0 Å². The maximum Gasteiger partial charge on any atom is 0.0375 e. The van der Waals surface area contributed by atoms with Gasteiger partial charge in [-0.3, -0.25) is 0 Å². The lowest BCUT2D eigenvalue weighted by Crippen LogP contribution is -2.16. The molecular weight excluding hydrogens is 262 g/mol. The number of aryl methyl sites for hydroxylation is 1. The molecule has 2 rings (SSSR count). The fraction of sp³-hybridized carbons (Fsp3) is 0.571. The van der Waals surface area contributed by atoms with Gasteiger partial charge in [-0.05, 0) is 49.4 Å². The van der Waals surface area contributed by atoms with Crippen molar-refractivity contribution >= 4 is 21.6 Å². The monoisotopic (exact) mass is 281 g/mol. The second-order valence-electron chi connectivity index (χ2n) is 4.88. The Labute approximate surface area is 107 Å². The first-order valence-electron chi connectivity index (χ1n) is 6.24. The van der Waals surface area contributed by atoms with Crippen molar-refractivity contribution in [1.82, 2.24) is 0 Å². The lowest BCUT2D eigenvalue weighted by molar-refractivity contribution is 0.641. The Morgan fingerprint density at radius 3 is 2.81 bits per heavy atom. The Hall–Kier alpha value is -0.500. The van der Waals surface area contributed by atoms with E-state index >= 15 is 0 Å². The SMILES string of the molecule is CCc1cc(Br)ccc1NC(C)CC1CC1. The molecule has 0 spiro atoms. The van der Waals surface area contributed by atoms with Gasteiger partial charge in [0, 0.05) is 16.2 Å². The topological polar surface area (TPSA) is 12.0 Å². The van der Waals surface area contributed by atoms with E-state index in [0.29, 0.717) is 6.04 Å². The van der Waals surface area contributed by atoms with Crippen molar-refractivity contribution in [2.24, 2.45) is 5.92 Å². The molecule has 1 aliphatic carbocycles. The largest absolute Gasteiger partial charge is 0.382 e. The Kier molecular flexibility index (Phi) is 3.91. The van der Waals surface area contributed by atoms with Crippen molar-refractivity contribution < 1.29 is 0 Å². The Morgan fingerprint density at radius 2 is 2.19 bits per heavy atom. The number of rotatable bonds is 5. The molecule has 88 valence electrons. The molecule has 0 radical (unpaired) electrons. The predicted molar refractivity (Wildman–Crippen MR) is 73.9 cm³/mol. The second-order valence-corrected chi connectivity index (χ2v) is 5.80. The molecule has 2 heteroatoms. The molecule has 1 nitrogen and oxygen atoms in total. The van der Waals surface area contributed by atoms with Gasteiger partial charge >= 0.3 is 0 Å². The van der Waals surface area contributed by atoms with Gasteiger partial charge < -0.3 is 5.32 Å². The van der Waals surface area contributed by atoms with E-state index in [1.807, 2.05) is 0 Å². The molecule has 1 fully saturated rings. The average molecular weight is 282 g/mol. The molecule has 0 bridgehead atoms. The van der Waals surface area contributed by atoms with Gasteiger partial charge in [0.05, 0.1) is 0 Å². The summed E-state index contributed by atoms with van der Waals surface area (Å²) in [7, 11) is 0. The summed E-state index contributed by atoms with van der Waals surface area (Å²) >= 11 is 3.53. The predicted octanol–water partition coefficient (Wildman–Crippen LogP) is 4.61. The number of halogens is 1. The van der Waals surface area contributed by atoms with Crippen LogP contribution < -0.4 is 5.32 Å². The second kappa shape index (κ2) is 5.22. The number of anilines is 1. The van der Waals surface area contributed by atoms with Gasteiger partial charge in [-0.2, -0.15) is 0 Å². The maximum atomic E-state index is 3.64. The van der Waals surface area contributed by atoms with Crippen molar-refractivity contribution in [3.05, 3.63) is 28.2 Å². The molecule has 1 N–H and O–H groups in total. The molecule has 0 aromatic heterocycles. The van der Waals surface area contributed by atoms with E-state index in [1.54, 1.807) is 0 Å². The van der Waals surface area contributed by atoms with Crippen LogP contribution in [0.1, 0.15) is 38.7 Å². The van der Waals surface area contributed by atoms with Crippen LogP contribution in [0.2, 0.25) is 0 Å². The van der Waals surface area contributed by atoms with Crippen molar-refractivity contribution in [2.45, 2.75) is 45.6 Å². The highest BCUT2D eigenvalue weighted by Gasteiger charge is 2.23. The third-order valence-electron chi connectivity index (χ3n) is 3.23. The van der Waals surface area contributed by atoms with Gasteiger partial charge in [-0.15, -0.1) is 0 Å². The Balaban J connectivity index is 2.01. The van der Waals surface area contributed by atoms with Crippen LogP contribution in [-0.2, 0) is 6.42 Å². The molecule has 0 heterocycles. The first-order chi connectivity index (χ1) is 7.69. The summed E-state index contributed by atoms with van der Waals surface area (Å²) in [6, 6.07) is 7.11. The molecule has 0 amide bonds. The maximum absolute atomic E-state index is 3.64. The van der Waals surface area contributed by atoms with Crippen LogP contribution in [0.25, 0.3) is 0 Å². The zero-order valence-electron chi connectivity index (χ0n) is 10.1. The van der Waals surface area contributed by atoms with Crippen molar-refractivity contribution in [1.29, 1.82) is 0 Å². The molecule has 1 unspecified atom stereocenters. The van der Waals surface area contributed by atoms with Crippen LogP contribution in [0.15, 0.2) is 22.7 Å². The van der Waals surface area contributed by atoms with Crippen LogP contribution in [0.5, 0.6) is 0 Å². The van der Waals surface area contributed by atoms with Gasteiger partial charge in [0.25, 0.3) is 0 Å². The van der Waals surface area contributed by atoms with E-state index < -0.39 is 0 Å². The minimum atomic E-state index is 0.596. The highest BCUT2D eigenvalue weighted by Crippen LogP contribution is 2.34. The van der Waals surface area contributed by atoms with Crippen LogP contribution in [0.3, 0.4) is 0 Å². The lowest BCUT2D eigenvalue weighted by atomic mass is 10.1. The average Bonchev–Trinajstić information content (AvgIpc) is 3.04. The fourth-order valence-corrected chi connectivity index (χ4v) is 2.58. The molecule has 16 heavy (non-hydrogen) atoms. The molecule has 1 atom stereocenters. The summed E-state index contributed by atoms with van der Waals surface area (Å²) in [6.07, 6.45) is 5.27. The third-order valence-corrected chi connectivity index (χ3v) is 3.73. The molecular formula is C14H20BrN. The summed E-state index contributed by atoms with van der Waals surface area (Å²) in [4.78, 5) is 0. The molecule has 0 aliphatic heterocycles. The lowest BCUT2D eigenvalue weighted by Gasteiger charge is -2.17. The highest BCUT2D eigenvalue weighted by molar-refractivity contribution is 9.10. The standard InChI is InChI=1S/C14H20BrN/c1-3-12-9-13(15)6-7-14(12)16-10(2)8-11-4-5-11/h6-7,9-11,16H,3-5,8H2,1-2H3. The van der Waals surface area contributed by atoms with Crippen molar-refractivity contribution in [3.8, 4) is 0 Å². The third kappa shape index (κ3) is 3.24. The van der Waals surface area contributed by atoms with Crippen LogP contribution in [0.4, 0.5) is 5.69 Å². The molecule has 0 saturated heterocycles. The van der Waals surface area contributed by atoms with E-state index in [1.165, 1.54) is 35.0 Å². The van der Waals surface area contributed by atoms with E-state index in [4.69, 9.17) is 0 Å². The summed E-state index contributed by atoms with van der Waals surface area (Å²) in [5, 5.41) is 3.64. The van der Waals surface area contributed by atoms with Gasteiger partial charge in [0.15, 0.2) is 0 Å². The minimum absolute atomic E-state index is 0.596. The summed E-state index contributed by atoms with van der Waals surface area (Å²) in [6.45, 7) is 4.50. The summed E-state index contributed by atoms with van der Waals surface area (Å²) < 4.78 is 1.17. The van der Waals surface area contributed by atoms with E-state index in [-0.39, 0.29) is 0 Å². The Bertz CT molecular complexity index is 358. The van der Waals surface area contributed by atoms with Crippen molar-refractivity contribution in [2.75, 3.05) is 5.32 Å². The van der Waals surface area contributed by atoms with Gasteiger partial charge in [-0.25, -0.2) is 0 Å². The number of nitrogens with one attached hydrogen (secondary N) is 1. The summed E-state index contributed by atoms with van der Waals surface area (Å²) in [5.74, 6) is 0.989. The quantitative estimate of drug-likeness (QED) is 0.831. The zero-order chi connectivity index (χ0) is 11.5. The first kappa shape index (κ1) is 12.0.